The average Bonchev–Trinajstić information content (AvgIpc) is 3.40. The van der Waals surface area contributed by atoms with E-state index in [0.29, 0.717) is 12.2 Å². The Labute approximate surface area is 206 Å². The second kappa shape index (κ2) is 8.66. The second-order valence-electron chi connectivity index (χ2n) is 9.05. The van der Waals surface area contributed by atoms with Crippen molar-refractivity contribution in [1.82, 2.24) is 24.0 Å². The summed E-state index contributed by atoms with van der Waals surface area (Å²) in [6.45, 7) is 1.17. The van der Waals surface area contributed by atoms with Gasteiger partial charge in [0.1, 0.15) is 16.4 Å². The number of aromatic nitrogens is 3. The van der Waals surface area contributed by atoms with Crippen molar-refractivity contribution in [2.75, 3.05) is 24.5 Å². The molecule has 2 aromatic heterocycles. The summed E-state index contributed by atoms with van der Waals surface area (Å²) in [6, 6.07) is 7.23. The topological polar surface area (TPSA) is 92.5 Å². The first-order valence-electron chi connectivity index (χ1n) is 11.3. The maximum absolute atomic E-state index is 14.5. The van der Waals surface area contributed by atoms with E-state index in [1.165, 1.54) is 38.0 Å². The Bertz CT molecular complexity index is 1440. The van der Waals surface area contributed by atoms with Gasteiger partial charge in [-0.2, -0.15) is 9.40 Å². The SMILES string of the molecule is Cc1c(S(=O)(=O)N2CCn3nccc3C2)cc(C(=O)NCc2c(F)cccc2N2CC(F)(F)C2)n1C. The van der Waals surface area contributed by atoms with Crippen LogP contribution in [0.4, 0.5) is 18.9 Å². The lowest BCUT2D eigenvalue weighted by molar-refractivity contribution is -0.0263. The largest absolute Gasteiger partial charge is 0.359 e. The van der Waals surface area contributed by atoms with Gasteiger partial charge in [0.15, 0.2) is 0 Å². The van der Waals surface area contributed by atoms with Gasteiger partial charge in [0.25, 0.3) is 11.8 Å². The molecule has 3 aromatic rings. The molecule has 1 saturated heterocycles. The van der Waals surface area contributed by atoms with Gasteiger partial charge in [0.2, 0.25) is 10.0 Å². The first-order chi connectivity index (χ1) is 17.0. The molecule has 0 saturated carbocycles. The van der Waals surface area contributed by atoms with Crippen LogP contribution >= 0.6 is 0 Å². The summed E-state index contributed by atoms with van der Waals surface area (Å²) < 4.78 is 72.6. The highest BCUT2D eigenvalue weighted by molar-refractivity contribution is 7.89. The van der Waals surface area contributed by atoms with Crippen molar-refractivity contribution >= 4 is 21.6 Å². The molecule has 0 spiro atoms. The molecule has 4 heterocycles. The van der Waals surface area contributed by atoms with Crippen LogP contribution in [0.25, 0.3) is 0 Å². The zero-order chi connectivity index (χ0) is 25.8. The normalized spacial score (nSPS) is 17.5. The van der Waals surface area contributed by atoms with Gasteiger partial charge in [-0.3, -0.25) is 9.48 Å². The Morgan fingerprint density at radius 2 is 1.94 bits per heavy atom. The first-order valence-corrected chi connectivity index (χ1v) is 12.8. The number of carbonyl (C=O) groups is 1. The summed E-state index contributed by atoms with van der Waals surface area (Å²) in [5.41, 5.74) is 1.62. The molecule has 0 bridgehead atoms. The van der Waals surface area contributed by atoms with E-state index in [4.69, 9.17) is 0 Å². The molecule has 1 aromatic carbocycles. The molecule has 1 fully saturated rings. The number of hydrogen-bond acceptors (Lipinski definition) is 5. The van der Waals surface area contributed by atoms with Crippen LogP contribution < -0.4 is 10.2 Å². The van der Waals surface area contributed by atoms with Crippen LogP contribution in [0.2, 0.25) is 0 Å². The monoisotopic (exact) mass is 522 g/mol. The lowest BCUT2D eigenvalue weighted by Gasteiger charge is -2.41. The number of fused-ring (bicyclic) bond motifs is 1. The molecule has 13 heteroatoms. The van der Waals surface area contributed by atoms with Gasteiger partial charge in [-0.25, -0.2) is 21.6 Å². The van der Waals surface area contributed by atoms with Gasteiger partial charge < -0.3 is 14.8 Å². The summed E-state index contributed by atoms with van der Waals surface area (Å²) in [7, 11) is -2.32. The van der Waals surface area contributed by atoms with E-state index in [2.05, 4.69) is 10.4 Å². The number of carbonyl (C=O) groups excluding carboxylic acids is 1. The Morgan fingerprint density at radius 1 is 1.19 bits per heavy atom. The third-order valence-electron chi connectivity index (χ3n) is 6.75. The number of alkyl halides is 2. The Hall–Kier alpha value is -3.32. The molecule has 0 radical (unpaired) electrons. The van der Waals surface area contributed by atoms with E-state index in [0.717, 1.165) is 5.69 Å². The van der Waals surface area contributed by atoms with E-state index in [1.807, 2.05) is 0 Å². The van der Waals surface area contributed by atoms with E-state index in [9.17, 15) is 26.4 Å². The number of anilines is 1. The number of nitrogens with one attached hydrogen (secondary N) is 1. The van der Waals surface area contributed by atoms with Crippen LogP contribution in [-0.2, 0) is 36.7 Å². The summed E-state index contributed by atoms with van der Waals surface area (Å²) in [5.74, 6) is -4.07. The predicted octanol–water partition coefficient (Wildman–Crippen LogP) is 2.26. The summed E-state index contributed by atoms with van der Waals surface area (Å²) in [5, 5.41) is 6.77. The van der Waals surface area contributed by atoms with E-state index in [1.54, 1.807) is 30.9 Å². The lowest BCUT2D eigenvalue weighted by Crippen LogP contribution is -2.56. The van der Waals surface area contributed by atoms with Crippen LogP contribution in [0.3, 0.4) is 0 Å². The average molecular weight is 523 g/mol. The highest BCUT2D eigenvalue weighted by Gasteiger charge is 2.44. The molecule has 0 atom stereocenters. The van der Waals surface area contributed by atoms with Crippen LogP contribution in [0.1, 0.15) is 27.4 Å². The van der Waals surface area contributed by atoms with Crippen LogP contribution in [-0.4, -0.2) is 58.5 Å². The number of sulfonamides is 1. The van der Waals surface area contributed by atoms with Gasteiger partial charge in [0, 0.05) is 43.3 Å². The van der Waals surface area contributed by atoms with Crippen molar-refractivity contribution in [1.29, 1.82) is 0 Å². The van der Waals surface area contributed by atoms with Crippen LogP contribution in [0.5, 0.6) is 0 Å². The molecule has 5 rings (SSSR count). The molecule has 9 nitrogen and oxygen atoms in total. The molecule has 192 valence electrons. The van der Waals surface area contributed by atoms with Crippen molar-refractivity contribution in [2.45, 2.75) is 37.4 Å². The van der Waals surface area contributed by atoms with E-state index >= 15 is 0 Å². The molecular weight excluding hydrogens is 497 g/mol. The number of benzene rings is 1. The maximum atomic E-state index is 14.5. The molecule has 0 aliphatic carbocycles. The third kappa shape index (κ3) is 4.15. The minimum absolute atomic E-state index is 0.0116. The zero-order valence-corrected chi connectivity index (χ0v) is 20.5. The molecule has 1 N–H and O–H groups in total. The standard InChI is InChI=1S/C23H25F3N6O3S/c1-15-21(36(34,35)31-8-9-32-16(12-31)6-7-28-32)10-20(29(15)2)22(33)27-11-17-18(24)4-3-5-19(17)30-13-23(25,26)14-30/h3-7,10H,8-9,11-14H2,1-2H3,(H,27,33). The Balaban J connectivity index is 1.35. The minimum atomic E-state index is -3.89. The molecule has 2 aliphatic heterocycles. The van der Waals surface area contributed by atoms with E-state index < -0.39 is 40.8 Å². The smallest absolute Gasteiger partial charge is 0.282 e. The van der Waals surface area contributed by atoms with Gasteiger partial charge in [0.05, 0.1) is 31.9 Å². The Morgan fingerprint density at radius 3 is 2.67 bits per heavy atom. The predicted molar refractivity (Wildman–Crippen MR) is 125 cm³/mol. The molecule has 2 aliphatic rings. The Kier molecular flexibility index (Phi) is 5.86. The number of nitrogens with zero attached hydrogens (tertiary/aromatic N) is 5. The molecule has 1 amide bonds. The van der Waals surface area contributed by atoms with Crippen molar-refractivity contribution in [3.63, 3.8) is 0 Å². The third-order valence-corrected chi connectivity index (χ3v) is 8.71. The first kappa shape index (κ1) is 24.4. The lowest BCUT2D eigenvalue weighted by atomic mass is 10.1. The number of rotatable bonds is 6. The number of halogens is 3. The van der Waals surface area contributed by atoms with E-state index in [-0.39, 0.29) is 41.5 Å². The highest BCUT2D eigenvalue weighted by atomic mass is 32.2. The second-order valence-corrected chi connectivity index (χ2v) is 11.0. The fraction of sp³-hybridized carbons (Fsp3) is 0.391. The summed E-state index contributed by atoms with van der Waals surface area (Å²) >= 11 is 0. The zero-order valence-electron chi connectivity index (χ0n) is 19.7. The van der Waals surface area contributed by atoms with Gasteiger partial charge in [-0.15, -0.1) is 0 Å². The van der Waals surface area contributed by atoms with Gasteiger partial charge in [-0.05, 0) is 31.2 Å². The van der Waals surface area contributed by atoms with Crippen molar-refractivity contribution in [3.05, 3.63) is 65.0 Å². The summed E-state index contributed by atoms with van der Waals surface area (Å²) in [4.78, 5) is 14.4. The number of amides is 1. The van der Waals surface area contributed by atoms with Gasteiger partial charge in [-0.1, -0.05) is 6.07 Å². The van der Waals surface area contributed by atoms with Crippen LogP contribution in [0.15, 0.2) is 41.4 Å². The van der Waals surface area contributed by atoms with Gasteiger partial charge >= 0.3 is 0 Å². The maximum Gasteiger partial charge on any atom is 0.282 e. The van der Waals surface area contributed by atoms with Crippen molar-refractivity contribution in [3.8, 4) is 0 Å². The highest BCUT2D eigenvalue weighted by Crippen LogP contribution is 2.34. The fourth-order valence-electron chi connectivity index (χ4n) is 4.62. The molecule has 0 unspecified atom stereocenters. The van der Waals surface area contributed by atoms with Crippen molar-refractivity contribution in [2.24, 2.45) is 7.05 Å². The minimum Gasteiger partial charge on any atom is -0.359 e. The van der Waals surface area contributed by atoms with Crippen LogP contribution in [0, 0.1) is 12.7 Å². The fourth-order valence-corrected chi connectivity index (χ4v) is 6.29. The van der Waals surface area contributed by atoms with Crippen molar-refractivity contribution < 1.29 is 26.4 Å². The summed E-state index contributed by atoms with van der Waals surface area (Å²) in [6.07, 6.45) is 1.62. The number of hydrogen-bond donors (Lipinski definition) is 1. The molecular formula is C23H25F3N6O3S. The molecule has 36 heavy (non-hydrogen) atoms. The quantitative estimate of drug-likeness (QED) is 0.536.